The molecule has 1 aliphatic heterocycles. The quantitative estimate of drug-likeness (QED) is 0.0202. The van der Waals surface area contributed by atoms with Gasteiger partial charge in [0.05, 0.1) is 25.4 Å². The summed E-state index contributed by atoms with van der Waals surface area (Å²) in [4.78, 5) is 35.0. The van der Waals surface area contributed by atoms with Crippen molar-refractivity contribution in [1.82, 2.24) is 0 Å². The number of ether oxygens (including phenoxy) is 3. The first kappa shape index (κ1) is 51.7. The molecule has 1 heterocycles. The Morgan fingerprint density at radius 3 is 1.75 bits per heavy atom. The van der Waals surface area contributed by atoms with Crippen LogP contribution in [0.5, 0.6) is 0 Å². The molecule has 3 N–H and O–H groups in total. The van der Waals surface area contributed by atoms with E-state index in [1.165, 1.54) is 70.6 Å². The molecule has 0 radical (unpaired) electrons. The van der Waals surface area contributed by atoms with Crippen molar-refractivity contribution >= 4 is 19.8 Å². The van der Waals surface area contributed by atoms with Crippen LogP contribution < -0.4 is 5.73 Å². The fourth-order valence-corrected chi connectivity index (χ4v) is 6.69. The summed E-state index contributed by atoms with van der Waals surface area (Å²) in [6.45, 7) is 3.57. The van der Waals surface area contributed by atoms with Gasteiger partial charge in [0, 0.05) is 19.4 Å². The van der Waals surface area contributed by atoms with Gasteiger partial charge in [-0.2, -0.15) is 0 Å². The van der Waals surface area contributed by atoms with Crippen LogP contribution in [0.15, 0.2) is 60.8 Å². The minimum Gasteiger partial charge on any atom is -0.462 e. The van der Waals surface area contributed by atoms with Crippen molar-refractivity contribution < 1.29 is 42.3 Å². The third-order valence-corrected chi connectivity index (χ3v) is 10.3. The zero-order valence-electron chi connectivity index (χ0n) is 35.0. The van der Waals surface area contributed by atoms with Crippen molar-refractivity contribution in [2.45, 2.75) is 186 Å². The van der Waals surface area contributed by atoms with E-state index < -0.39 is 32.5 Å². The number of nitrogens with two attached hydrogens (primary N) is 1. The Morgan fingerprint density at radius 2 is 1.16 bits per heavy atom. The molecule has 1 saturated heterocycles. The molecule has 10 nitrogen and oxygen atoms in total. The second-order valence-corrected chi connectivity index (χ2v) is 16.0. The van der Waals surface area contributed by atoms with Crippen LogP contribution in [0.3, 0.4) is 0 Å². The largest absolute Gasteiger partial charge is 0.472 e. The number of phosphoric acid groups is 1. The highest BCUT2D eigenvalue weighted by Crippen LogP contribution is 2.43. The van der Waals surface area contributed by atoms with Crippen LogP contribution in [0.2, 0.25) is 0 Å². The SMILES string of the molecule is CCCCC/C=C\C/C=C\C/C=C\CC1OC1CCCC(=O)OC[C@H](COP(=O)(O)OCCN)OC(=O)CCCCCCCCC/C=C\C/C=C\CCCCC. The van der Waals surface area contributed by atoms with E-state index in [1.807, 2.05) is 0 Å². The van der Waals surface area contributed by atoms with E-state index in [0.29, 0.717) is 12.8 Å². The molecule has 1 rings (SSSR count). The number of hydrogen-bond donors (Lipinski definition) is 2. The number of phosphoric ester groups is 1. The summed E-state index contributed by atoms with van der Waals surface area (Å²) < 4.78 is 38.5. The summed E-state index contributed by atoms with van der Waals surface area (Å²) in [6, 6.07) is 0. The standard InChI is InChI=1S/C45H78NO9P/c1-3-5-7-9-11-13-15-17-18-19-20-21-23-25-27-29-31-35-45(48)54-41(40-53-56(49,50)52-38-37-46)39-51-44(47)36-32-34-43-42(55-43)33-30-28-26-24-22-16-14-12-10-8-6-4-2/h11-14,17-18,22,24,28,30,41-43H,3-10,15-16,19-21,23,25-27,29,31-40,46H2,1-2H3,(H,49,50)/b13-11-,14-12-,18-17-,24-22-,30-28-/t41-,42?,43?/m1/s1. The van der Waals surface area contributed by atoms with Crippen LogP contribution in [-0.4, -0.2) is 61.5 Å². The van der Waals surface area contributed by atoms with Crippen molar-refractivity contribution in [2.75, 3.05) is 26.4 Å². The van der Waals surface area contributed by atoms with Gasteiger partial charge in [0.15, 0.2) is 6.10 Å². The summed E-state index contributed by atoms with van der Waals surface area (Å²) in [5, 5.41) is 0. The first-order chi connectivity index (χ1) is 27.3. The maximum absolute atomic E-state index is 12.6. The van der Waals surface area contributed by atoms with Gasteiger partial charge in [0.2, 0.25) is 0 Å². The average Bonchev–Trinajstić information content (AvgIpc) is 3.94. The van der Waals surface area contributed by atoms with Crippen LogP contribution in [0.25, 0.3) is 0 Å². The number of epoxide rings is 1. The van der Waals surface area contributed by atoms with E-state index in [1.54, 1.807) is 0 Å². The summed E-state index contributed by atoms with van der Waals surface area (Å²) in [5.41, 5.74) is 5.35. The van der Waals surface area contributed by atoms with Gasteiger partial charge in [-0.1, -0.05) is 132 Å². The summed E-state index contributed by atoms with van der Waals surface area (Å²) >= 11 is 0. The third kappa shape index (κ3) is 33.8. The van der Waals surface area contributed by atoms with Crippen molar-refractivity contribution in [3.63, 3.8) is 0 Å². The number of carbonyl (C=O) groups excluding carboxylic acids is 2. The molecular formula is C45H78NO9P. The second kappa shape index (κ2) is 37.0. The van der Waals surface area contributed by atoms with Gasteiger partial charge < -0.3 is 24.8 Å². The van der Waals surface area contributed by atoms with Gasteiger partial charge in [-0.15, -0.1) is 0 Å². The molecule has 3 unspecified atom stereocenters. The number of unbranched alkanes of at least 4 members (excludes halogenated alkanes) is 13. The van der Waals surface area contributed by atoms with Crippen LogP contribution in [0.1, 0.15) is 168 Å². The van der Waals surface area contributed by atoms with Gasteiger partial charge in [-0.05, 0) is 83.5 Å². The molecule has 1 fully saturated rings. The number of hydrogen-bond acceptors (Lipinski definition) is 9. The Kier molecular flexibility index (Phi) is 34.1. The predicted molar refractivity (Wildman–Crippen MR) is 228 cm³/mol. The zero-order valence-corrected chi connectivity index (χ0v) is 35.9. The molecular weight excluding hydrogens is 729 g/mol. The Labute approximate surface area is 340 Å². The van der Waals surface area contributed by atoms with Gasteiger partial charge in [-0.3, -0.25) is 18.6 Å². The van der Waals surface area contributed by atoms with Crippen LogP contribution in [-0.2, 0) is 37.4 Å². The Hall–Kier alpha value is -2.33. The fourth-order valence-electron chi connectivity index (χ4n) is 5.93. The molecule has 0 aromatic rings. The molecule has 0 saturated carbocycles. The summed E-state index contributed by atoms with van der Waals surface area (Å²) in [5.74, 6) is -0.918. The lowest BCUT2D eigenvalue weighted by Crippen LogP contribution is -2.29. The number of esters is 2. The topological polar surface area (TPSA) is 147 Å². The lowest BCUT2D eigenvalue weighted by molar-refractivity contribution is -0.161. The van der Waals surface area contributed by atoms with Gasteiger partial charge in [0.25, 0.3) is 0 Å². The Bertz CT molecular complexity index is 1170. The van der Waals surface area contributed by atoms with E-state index in [0.717, 1.165) is 57.8 Å². The molecule has 0 amide bonds. The van der Waals surface area contributed by atoms with Crippen molar-refractivity contribution in [1.29, 1.82) is 0 Å². The van der Waals surface area contributed by atoms with Crippen LogP contribution >= 0.6 is 7.82 Å². The van der Waals surface area contributed by atoms with Crippen LogP contribution in [0.4, 0.5) is 0 Å². The molecule has 0 aromatic heterocycles. The first-order valence-electron chi connectivity index (χ1n) is 21.9. The fraction of sp³-hybridized carbons (Fsp3) is 0.733. The normalized spacial score (nSPS) is 17.5. The first-order valence-corrected chi connectivity index (χ1v) is 23.4. The van der Waals surface area contributed by atoms with Gasteiger partial charge in [-0.25, -0.2) is 4.57 Å². The predicted octanol–water partition coefficient (Wildman–Crippen LogP) is 11.5. The minimum atomic E-state index is -4.40. The van der Waals surface area contributed by atoms with E-state index in [9.17, 15) is 19.0 Å². The molecule has 11 heteroatoms. The van der Waals surface area contributed by atoms with E-state index in [4.69, 9.17) is 29.0 Å². The molecule has 0 bridgehead atoms. The number of rotatable bonds is 39. The van der Waals surface area contributed by atoms with Crippen molar-refractivity contribution in [2.24, 2.45) is 5.73 Å². The highest BCUT2D eigenvalue weighted by molar-refractivity contribution is 7.47. The van der Waals surface area contributed by atoms with Gasteiger partial charge in [0.1, 0.15) is 6.61 Å². The second-order valence-electron chi connectivity index (χ2n) is 14.6. The monoisotopic (exact) mass is 808 g/mol. The lowest BCUT2D eigenvalue weighted by Gasteiger charge is -2.19. The van der Waals surface area contributed by atoms with E-state index >= 15 is 0 Å². The average molecular weight is 808 g/mol. The third-order valence-electron chi connectivity index (χ3n) is 9.30. The highest BCUT2D eigenvalue weighted by atomic mass is 31.2. The Balaban J connectivity index is 2.24. The van der Waals surface area contributed by atoms with E-state index in [2.05, 4.69) is 74.6 Å². The minimum absolute atomic E-state index is 0.0388. The smallest absolute Gasteiger partial charge is 0.462 e. The lowest BCUT2D eigenvalue weighted by atomic mass is 10.1. The maximum atomic E-state index is 12.6. The molecule has 322 valence electrons. The Morgan fingerprint density at radius 1 is 0.643 bits per heavy atom. The molecule has 0 aliphatic carbocycles. The zero-order chi connectivity index (χ0) is 40.8. The molecule has 56 heavy (non-hydrogen) atoms. The molecule has 1 aliphatic rings. The number of allylic oxidation sites excluding steroid dienone is 9. The highest BCUT2D eigenvalue weighted by Gasteiger charge is 2.36. The molecule has 4 atom stereocenters. The molecule has 0 aromatic carbocycles. The summed E-state index contributed by atoms with van der Waals surface area (Å²) in [7, 11) is -4.40. The molecule has 0 spiro atoms. The van der Waals surface area contributed by atoms with E-state index in [-0.39, 0.29) is 44.8 Å². The van der Waals surface area contributed by atoms with Crippen molar-refractivity contribution in [3.05, 3.63) is 60.8 Å². The van der Waals surface area contributed by atoms with Crippen molar-refractivity contribution in [3.8, 4) is 0 Å². The van der Waals surface area contributed by atoms with Crippen LogP contribution in [0, 0.1) is 0 Å². The van der Waals surface area contributed by atoms with Gasteiger partial charge >= 0.3 is 19.8 Å². The maximum Gasteiger partial charge on any atom is 0.472 e. The summed E-state index contributed by atoms with van der Waals surface area (Å²) in [6.07, 6.45) is 45.5. The number of carbonyl (C=O) groups is 2.